The number of benzene rings is 1. The van der Waals surface area contributed by atoms with Crippen molar-refractivity contribution < 1.29 is 9.59 Å². The van der Waals surface area contributed by atoms with Crippen molar-refractivity contribution in [1.29, 1.82) is 0 Å². The number of nitrogens with zero attached hydrogens (tertiary/aromatic N) is 2. The molecule has 0 saturated heterocycles. The molecule has 5 nitrogen and oxygen atoms in total. The third kappa shape index (κ3) is 5.37. The quantitative estimate of drug-likeness (QED) is 0.745. The van der Waals surface area contributed by atoms with Gasteiger partial charge in [0.2, 0.25) is 5.91 Å². The van der Waals surface area contributed by atoms with Crippen LogP contribution in [0.5, 0.6) is 0 Å². The Labute approximate surface area is 178 Å². The van der Waals surface area contributed by atoms with Crippen LogP contribution in [0.2, 0.25) is 0 Å². The molecule has 0 unspecified atom stereocenters. The van der Waals surface area contributed by atoms with Gasteiger partial charge in [0.05, 0.1) is 4.88 Å². The molecule has 2 aromatic rings. The minimum Gasteiger partial charge on any atom is -0.356 e. The van der Waals surface area contributed by atoms with Crippen molar-refractivity contribution in [3.8, 4) is 0 Å². The van der Waals surface area contributed by atoms with Gasteiger partial charge in [-0.25, -0.2) is 0 Å². The standard InChI is InChI=1S/C23H33N3O2S/c1-16(27)24-15-17-9-11-18(12-10-17)21-19-7-5-6-8-20(19)29-22(21)23(28)26(4)14-13-25(2)3/h5-8,17-18H,9-15H2,1-4H3,(H,24,27). The lowest BCUT2D eigenvalue weighted by atomic mass is 9.77. The predicted molar refractivity (Wildman–Crippen MR) is 121 cm³/mol. The number of thiophene rings is 1. The molecule has 0 aliphatic heterocycles. The molecule has 1 aromatic carbocycles. The largest absolute Gasteiger partial charge is 0.356 e. The summed E-state index contributed by atoms with van der Waals surface area (Å²) < 4.78 is 1.20. The van der Waals surface area contributed by atoms with Crippen LogP contribution in [0.25, 0.3) is 10.1 Å². The summed E-state index contributed by atoms with van der Waals surface area (Å²) >= 11 is 1.64. The van der Waals surface area contributed by atoms with E-state index in [0.717, 1.165) is 50.2 Å². The number of fused-ring (bicyclic) bond motifs is 1. The molecule has 1 aromatic heterocycles. The molecule has 1 fully saturated rings. The summed E-state index contributed by atoms with van der Waals surface area (Å²) in [6, 6.07) is 8.42. The number of nitrogens with one attached hydrogen (secondary N) is 1. The molecule has 0 radical (unpaired) electrons. The maximum Gasteiger partial charge on any atom is 0.264 e. The third-order valence-corrected chi connectivity index (χ3v) is 7.13. The Bertz CT molecular complexity index is 853. The van der Waals surface area contributed by atoms with Crippen molar-refractivity contribution in [2.75, 3.05) is 40.8 Å². The smallest absolute Gasteiger partial charge is 0.264 e. The third-order valence-electron chi connectivity index (χ3n) is 5.95. The van der Waals surface area contributed by atoms with Crippen LogP contribution in [-0.2, 0) is 4.79 Å². The van der Waals surface area contributed by atoms with Crippen molar-refractivity contribution in [2.24, 2.45) is 5.92 Å². The molecule has 1 heterocycles. The van der Waals surface area contributed by atoms with E-state index in [1.54, 1.807) is 18.3 Å². The molecule has 1 aliphatic rings. The molecular formula is C23H33N3O2S. The van der Waals surface area contributed by atoms with E-state index in [2.05, 4.69) is 34.5 Å². The average molecular weight is 416 g/mol. The summed E-state index contributed by atoms with van der Waals surface area (Å²) in [5.74, 6) is 1.15. The van der Waals surface area contributed by atoms with Gasteiger partial charge in [-0.3, -0.25) is 9.59 Å². The molecule has 1 saturated carbocycles. The number of hydrogen-bond donors (Lipinski definition) is 1. The van der Waals surface area contributed by atoms with Gasteiger partial charge in [0.15, 0.2) is 0 Å². The number of rotatable bonds is 7. The zero-order valence-electron chi connectivity index (χ0n) is 18.0. The molecule has 3 rings (SSSR count). The molecule has 1 aliphatic carbocycles. The Morgan fingerprint density at radius 2 is 1.76 bits per heavy atom. The van der Waals surface area contributed by atoms with Gasteiger partial charge in [0.1, 0.15) is 0 Å². The highest BCUT2D eigenvalue weighted by atomic mass is 32.1. The van der Waals surface area contributed by atoms with Crippen molar-refractivity contribution in [2.45, 2.75) is 38.5 Å². The van der Waals surface area contributed by atoms with E-state index >= 15 is 0 Å². The van der Waals surface area contributed by atoms with Gasteiger partial charge in [-0.05, 0) is 68.6 Å². The second-order valence-electron chi connectivity index (χ2n) is 8.53. The van der Waals surface area contributed by atoms with E-state index in [1.807, 2.05) is 26.0 Å². The van der Waals surface area contributed by atoms with Gasteiger partial charge in [0.25, 0.3) is 5.91 Å². The van der Waals surface area contributed by atoms with Gasteiger partial charge in [0, 0.05) is 38.3 Å². The number of carbonyl (C=O) groups is 2. The first-order chi connectivity index (χ1) is 13.9. The number of likely N-dealkylation sites (N-methyl/N-ethyl adjacent to an activating group) is 2. The second kappa shape index (κ2) is 9.72. The SMILES string of the molecule is CC(=O)NCC1CCC(c2c(C(=O)N(C)CCN(C)C)sc3ccccc23)CC1. The fourth-order valence-electron chi connectivity index (χ4n) is 4.20. The fraction of sp³-hybridized carbons (Fsp3) is 0.565. The van der Waals surface area contributed by atoms with Gasteiger partial charge in [-0.15, -0.1) is 11.3 Å². The first-order valence-electron chi connectivity index (χ1n) is 10.5. The van der Waals surface area contributed by atoms with Crippen LogP contribution in [0.15, 0.2) is 24.3 Å². The van der Waals surface area contributed by atoms with E-state index in [0.29, 0.717) is 11.8 Å². The molecule has 2 amide bonds. The van der Waals surface area contributed by atoms with E-state index in [4.69, 9.17) is 0 Å². The van der Waals surface area contributed by atoms with Crippen LogP contribution in [0.1, 0.15) is 53.8 Å². The molecule has 0 atom stereocenters. The summed E-state index contributed by atoms with van der Waals surface area (Å²) in [6.45, 7) is 3.93. The van der Waals surface area contributed by atoms with E-state index in [9.17, 15) is 9.59 Å². The summed E-state index contributed by atoms with van der Waals surface area (Å²) in [7, 11) is 5.97. The van der Waals surface area contributed by atoms with Crippen LogP contribution in [0.3, 0.4) is 0 Å². The van der Waals surface area contributed by atoms with Crippen LogP contribution in [0.4, 0.5) is 0 Å². The Balaban J connectivity index is 1.81. The van der Waals surface area contributed by atoms with Gasteiger partial charge in [-0.2, -0.15) is 0 Å². The molecule has 0 bridgehead atoms. The fourth-order valence-corrected chi connectivity index (χ4v) is 5.48. The summed E-state index contributed by atoms with van der Waals surface area (Å²) in [5, 5.41) is 4.20. The van der Waals surface area contributed by atoms with Crippen molar-refractivity contribution in [1.82, 2.24) is 15.1 Å². The maximum atomic E-state index is 13.3. The minimum absolute atomic E-state index is 0.0459. The van der Waals surface area contributed by atoms with Gasteiger partial charge >= 0.3 is 0 Å². The average Bonchev–Trinajstić information content (AvgIpc) is 3.09. The zero-order valence-corrected chi connectivity index (χ0v) is 18.8. The summed E-state index contributed by atoms with van der Waals surface area (Å²) in [6.07, 6.45) is 4.35. The zero-order chi connectivity index (χ0) is 21.0. The van der Waals surface area contributed by atoms with Crippen LogP contribution in [0, 0.1) is 5.92 Å². The lowest BCUT2D eigenvalue weighted by Crippen LogP contribution is -2.34. The highest BCUT2D eigenvalue weighted by Gasteiger charge is 2.30. The van der Waals surface area contributed by atoms with E-state index in [1.165, 1.54) is 15.6 Å². The van der Waals surface area contributed by atoms with Crippen molar-refractivity contribution >= 4 is 33.2 Å². The Morgan fingerprint density at radius 3 is 2.41 bits per heavy atom. The molecule has 158 valence electrons. The van der Waals surface area contributed by atoms with Crippen molar-refractivity contribution in [3.05, 3.63) is 34.7 Å². The molecule has 29 heavy (non-hydrogen) atoms. The normalized spacial score (nSPS) is 19.5. The Kier molecular flexibility index (Phi) is 7.30. The van der Waals surface area contributed by atoms with Crippen molar-refractivity contribution in [3.63, 3.8) is 0 Å². The monoisotopic (exact) mass is 415 g/mol. The molecule has 1 N–H and O–H groups in total. The molecule has 6 heteroatoms. The first-order valence-corrected chi connectivity index (χ1v) is 11.3. The highest BCUT2D eigenvalue weighted by molar-refractivity contribution is 7.21. The van der Waals surface area contributed by atoms with Crippen LogP contribution < -0.4 is 5.32 Å². The van der Waals surface area contributed by atoms with Gasteiger partial charge < -0.3 is 15.1 Å². The number of carbonyl (C=O) groups excluding carboxylic acids is 2. The first kappa shape index (κ1) is 21.8. The van der Waals surface area contributed by atoms with Crippen LogP contribution >= 0.6 is 11.3 Å². The summed E-state index contributed by atoms with van der Waals surface area (Å²) in [4.78, 5) is 29.4. The number of amides is 2. The molecule has 0 spiro atoms. The molecular weight excluding hydrogens is 382 g/mol. The van der Waals surface area contributed by atoms with Crippen LogP contribution in [-0.4, -0.2) is 62.4 Å². The Morgan fingerprint density at radius 1 is 1.07 bits per heavy atom. The minimum atomic E-state index is 0.0459. The highest BCUT2D eigenvalue weighted by Crippen LogP contribution is 2.44. The number of hydrogen-bond acceptors (Lipinski definition) is 4. The van der Waals surface area contributed by atoms with E-state index in [-0.39, 0.29) is 11.8 Å². The second-order valence-corrected chi connectivity index (χ2v) is 9.58. The van der Waals surface area contributed by atoms with Gasteiger partial charge in [-0.1, -0.05) is 18.2 Å². The Hall–Kier alpha value is -1.92. The lowest BCUT2D eigenvalue weighted by molar-refractivity contribution is -0.119. The topological polar surface area (TPSA) is 52.7 Å². The maximum absolute atomic E-state index is 13.3. The predicted octanol–water partition coefficient (Wildman–Crippen LogP) is 3.94. The summed E-state index contributed by atoms with van der Waals surface area (Å²) in [5.41, 5.74) is 1.25. The van der Waals surface area contributed by atoms with E-state index < -0.39 is 0 Å². The lowest BCUT2D eigenvalue weighted by Gasteiger charge is -2.29.